The largest absolute Gasteiger partial charge is 0.326 e. The number of ketones is 1. The number of carbonyl (C=O) groups is 3. The van der Waals surface area contributed by atoms with Crippen molar-refractivity contribution in [2.24, 2.45) is 4.99 Å². The van der Waals surface area contributed by atoms with E-state index in [0.29, 0.717) is 32.2 Å². The SMILES string of the molecule is CC(=O)c1ccc(NC(=O)C[C@H]2SC(=Nc3ccc(Cl)c(Cl)c3)N(C3CCCC3)C2=O)cc1. The van der Waals surface area contributed by atoms with Crippen molar-refractivity contribution in [1.82, 2.24) is 4.90 Å². The second-order valence-corrected chi connectivity index (χ2v) is 10.1. The summed E-state index contributed by atoms with van der Waals surface area (Å²) in [4.78, 5) is 43.8. The van der Waals surface area contributed by atoms with Gasteiger partial charge < -0.3 is 5.32 Å². The molecule has 0 spiro atoms. The number of rotatable bonds is 6. The molecule has 1 N–H and O–H groups in total. The standard InChI is InChI=1S/C24H23Cl2N3O3S/c1-14(30)15-6-8-16(9-7-15)27-22(31)13-21-23(32)29(18-4-2-3-5-18)24(33-21)28-17-10-11-19(25)20(26)12-17/h6-12,18,21H,2-5,13H2,1H3,(H,27,31)/t21-/m1/s1. The van der Waals surface area contributed by atoms with Gasteiger partial charge in [0, 0.05) is 23.7 Å². The van der Waals surface area contributed by atoms with Crippen LogP contribution in [0.1, 0.15) is 49.4 Å². The lowest BCUT2D eigenvalue weighted by atomic mass is 10.1. The summed E-state index contributed by atoms with van der Waals surface area (Å²) in [6, 6.07) is 11.9. The van der Waals surface area contributed by atoms with Crippen LogP contribution in [0.5, 0.6) is 0 Å². The van der Waals surface area contributed by atoms with E-state index in [0.717, 1.165) is 25.7 Å². The van der Waals surface area contributed by atoms with Crippen LogP contribution in [-0.2, 0) is 9.59 Å². The Morgan fingerprint density at radius 3 is 2.42 bits per heavy atom. The van der Waals surface area contributed by atoms with Gasteiger partial charge in [-0.1, -0.05) is 47.8 Å². The first kappa shape index (κ1) is 23.8. The maximum absolute atomic E-state index is 13.3. The van der Waals surface area contributed by atoms with Crippen molar-refractivity contribution in [3.63, 3.8) is 0 Å². The zero-order valence-electron chi connectivity index (χ0n) is 18.0. The molecule has 2 amide bonds. The topological polar surface area (TPSA) is 78.8 Å². The molecular formula is C24H23Cl2N3O3S. The van der Waals surface area contributed by atoms with Gasteiger partial charge in [-0.25, -0.2) is 4.99 Å². The molecule has 2 aliphatic rings. The summed E-state index contributed by atoms with van der Waals surface area (Å²) in [5.41, 5.74) is 1.76. The predicted octanol–water partition coefficient (Wildman–Crippen LogP) is 6.10. The molecular weight excluding hydrogens is 481 g/mol. The number of nitrogens with zero attached hydrogens (tertiary/aromatic N) is 2. The van der Waals surface area contributed by atoms with E-state index in [9.17, 15) is 14.4 Å². The fourth-order valence-electron chi connectivity index (χ4n) is 4.03. The molecule has 2 aromatic rings. The average Bonchev–Trinajstić information content (AvgIpc) is 3.39. The Balaban J connectivity index is 1.50. The Morgan fingerprint density at radius 2 is 1.79 bits per heavy atom. The molecule has 2 aromatic carbocycles. The number of amides is 2. The summed E-state index contributed by atoms with van der Waals surface area (Å²) in [5.74, 6) is -0.395. The van der Waals surface area contributed by atoms with Crippen molar-refractivity contribution in [2.45, 2.75) is 50.3 Å². The van der Waals surface area contributed by atoms with Crippen LogP contribution in [0.2, 0.25) is 10.0 Å². The van der Waals surface area contributed by atoms with Crippen molar-refractivity contribution in [3.8, 4) is 0 Å². The molecule has 0 unspecified atom stereocenters. The molecule has 4 rings (SSSR count). The van der Waals surface area contributed by atoms with Crippen LogP contribution < -0.4 is 5.32 Å². The highest BCUT2D eigenvalue weighted by atomic mass is 35.5. The van der Waals surface area contributed by atoms with Gasteiger partial charge >= 0.3 is 0 Å². The number of Topliss-reactive ketones (excluding diaryl/α,β-unsaturated/α-hetero) is 1. The summed E-state index contributed by atoms with van der Waals surface area (Å²) < 4.78 is 0. The minimum absolute atomic E-state index is 0.0293. The summed E-state index contributed by atoms with van der Waals surface area (Å²) in [7, 11) is 0. The lowest BCUT2D eigenvalue weighted by Gasteiger charge is -2.23. The number of benzene rings is 2. The second-order valence-electron chi connectivity index (χ2n) is 8.13. The smallest absolute Gasteiger partial charge is 0.242 e. The highest BCUT2D eigenvalue weighted by Crippen LogP contribution is 2.38. The molecule has 1 aliphatic heterocycles. The van der Waals surface area contributed by atoms with E-state index in [4.69, 9.17) is 23.2 Å². The van der Waals surface area contributed by atoms with Gasteiger partial charge in [0.15, 0.2) is 11.0 Å². The Bertz CT molecular complexity index is 1110. The van der Waals surface area contributed by atoms with Crippen LogP contribution in [-0.4, -0.2) is 39.0 Å². The highest BCUT2D eigenvalue weighted by Gasteiger charge is 2.43. The van der Waals surface area contributed by atoms with Gasteiger partial charge in [-0.05, 0) is 62.2 Å². The second kappa shape index (κ2) is 10.3. The maximum atomic E-state index is 13.3. The molecule has 172 valence electrons. The number of hydrogen-bond acceptors (Lipinski definition) is 5. The Morgan fingerprint density at radius 1 is 1.09 bits per heavy atom. The first-order valence-corrected chi connectivity index (χ1v) is 12.4. The van der Waals surface area contributed by atoms with Crippen LogP contribution >= 0.6 is 35.0 Å². The predicted molar refractivity (Wildman–Crippen MR) is 134 cm³/mol. The van der Waals surface area contributed by atoms with Crippen molar-refractivity contribution in [3.05, 3.63) is 58.1 Å². The fraction of sp³-hybridized carbons (Fsp3) is 0.333. The lowest BCUT2D eigenvalue weighted by molar-refractivity contribution is -0.129. The molecule has 2 fully saturated rings. The van der Waals surface area contributed by atoms with Crippen molar-refractivity contribution < 1.29 is 14.4 Å². The molecule has 1 heterocycles. The van der Waals surface area contributed by atoms with Gasteiger partial charge in [0.2, 0.25) is 11.8 Å². The van der Waals surface area contributed by atoms with Gasteiger partial charge in [0.1, 0.15) is 5.25 Å². The van der Waals surface area contributed by atoms with Gasteiger partial charge in [-0.3, -0.25) is 19.3 Å². The monoisotopic (exact) mass is 503 g/mol. The third kappa shape index (κ3) is 5.60. The van der Waals surface area contributed by atoms with E-state index in [2.05, 4.69) is 10.3 Å². The summed E-state index contributed by atoms with van der Waals surface area (Å²) in [6.07, 6.45) is 4.02. The number of thioether (sulfide) groups is 1. The molecule has 1 aliphatic carbocycles. The molecule has 1 saturated heterocycles. The van der Waals surface area contributed by atoms with Gasteiger partial charge in [0.25, 0.3) is 0 Å². The molecule has 6 nitrogen and oxygen atoms in total. The van der Waals surface area contributed by atoms with E-state index >= 15 is 0 Å². The molecule has 9 heteroatoms. The quantitative estimate of drug-likeness (QED) is 0.483. The van der Waals surface area contributed by atoms with Crippen LogP contribution in [0, 0.1) is 0 Å². The Hall–Kier alpha value is -2.35. The number of halogens is 2. The minimum Gasteiger partial charge on any atom is -0.326 e. The first-order chi connectivity index (χ1) is 15.8. The van der Waals surface area contributed by atoms with E-state index in [-0.39, 0.29) is 30.1 Å². The summed E-state index contributed by atoms with van der Waals surface area (Å²) in [5, 5.41) is 3.69. The fourth-order valence-corrected chi connectivity index (χ4v) is 5.53. The van der Waals surface area contributed by atoms with E-state index in [1.54, 1.807) is 47.4 Å². The Labute approximate surface area is 206 Å². The van der Waals surface area contributed by atoms with Crippen LogP contribution in [0.4, 0.5) is 11.4 Å². The van der Waals surface area contributed by atoms with Gasteiger partial charge in [-0.2, -0.15) is 0 Å². The number of nitrogens with one attached hydrogen (secondary N) is 1. The highest BCUT2D eigenvalue weighted by molar-refractivity contribution is 8.15. The molecule has 0 aromatic heterocycles. The van der Waals surface area contributed by atoms with Gasteiger partial charge in [0.05, 0.1) is 15.7 Å². The zero-order valence-corrected chi connectivity index (χ0v) is 20.3. The number of amidine groups is 1. The number of aliphatic imine (C=N–C) groups is 1. The molecule has 1 saturated carbocycles. The number of anilines is 1. The molecule has 1 atom stereocenters. The number of carbonyl (C=O) groups excluding carboxylic acids is 3. The Kier molecular flexibility index (Phi) is 7.41. The van der Waals surface area contributed by atoms with Gasteiger partial charge in [-0.15, -0.1) is 0 Å². The zero-order chi connectivity index (χ0) is 23.5. The van der Waals surface area contributed by atoms with Crippen molar-refractivity contribution in [2.75, 3.05) is 5.32 Å². The molecule has 0 radical (unpaired) electrons. The first-order valence-electron chi connectivity index (χ1n) is 10.8. The third-order valence-electron chi connectivity index (χ3n) is 5.73. The van der Waals surface area contributed by atoms with Crippen LogP contribution in [0.25, 0.3) is 0 Å². The van der Waals surface area contributed by atoms with Crippen LogP contribution in [0.3, 0.4) is 0 Å². The van der Waals surface area contributed by atoms with Crippen LogP contribution in [0.15, 0.2) is 47.5 Å². The molecule has 0 bridgehead atoms. The molecule has 33 heavy (non-hydrogen) atoms. The summed E-state index contributed by atoms with van der Waals surface area (Å²) >= 11 is 13.5. The average molecular weight is 504 g/mol. The van der Waals surface area contributed by atoms with E-state index < -0.39 is 5.25 Å². The third-order valence-corrected chi connectivity index (χ3v) is 7.62. The lowest BCUT2D eigenvalue weighted by Crippen LogP contribution is -2.40. The van der Waals surface area contributed by atoms with Crippen molar-refractivity contribution in [1.29, 1.82) is 0 Å². The minimum atomic E-state index is -0.552. The normalized spacial score (nSPS) is 20.0. The number of hydrogen-bond donors (Lipinski definition) is 1. The van der Waals surface area contributed by atoms with E-state index in [1.165, 1.54) is 18.7 Å². The van der Waals surface area contributed by atoms with E-state index in [1.807, 2.05) is 0 Å². The van der Waals surface area contributed by atoms with Crippen molar-refractivity contribution >= 4 is 69.1 Å². The maximum Gasteiger partial charge on any atom is 0.242 e. The summed E-state index contributed by atoms with van der Waals surface area (Å²) in [6.45, 7) is 1.49.